The fourth-order valence-electron chi connectivity index (χ4n) is 1.50. The first-order valence-electron chi connectivity index (χ1n) is 5.79. The van der Waals surface area contributed by atoms with E-state index in [0.717, 1.165) is 11.1 Å². The normalized spacial score (nSPS) is 10.8. The molecule has 2 aromatic rings. The maximum absolute atomic E-state index is 11.9. The van der Waals surface area contributed by atoms with Crippen LogP contribution >= 0.6 is 0 Å². The maximum atomic E-state index is 11.9. The van der Waals surface area contributed by atoms with Gasteiger partial charge in [0, 0.05) is 18.3 Å². The Hall–Kier alpha value is -2.14. The molecule has 0 unspecified atom stereocenters. The second-order valence-electron chi connectivity index (χ2n) is 3.92. The minimum Gasteiger partial charge on any atom is -0.384 e. The van der Waals surface area contributed by atoms with E-state index in [1.807, 2.05) is 0 Å². The predicted molar refractivity (Wildman–Crippen MR) is 73.0 cm³/mol. The van der Waals surface area contributed by atoms with Crippen molar-refractivity contribution in [3.8, 4) is 11.8 Å². The van der Waals surface area contributed by atoms with Crippen molar-refractivity contribution in [1.82, 2.24) is 14.9 Å². The van der Waals surface area contributed by atoms with Gasteiger partial charge in [0.15, 0.2) is 0 Å². The molecule has 0 spiro atoms. The highest BCUT2D eigenvalue weighted by Crippen LogP contribution is 2.07. The standard InChI is InChI=1S/C13H13N3O3S/c17-7-1-2-11-3-5-12(6-4-11)8-16-20(18,19)13-9-14-15-10-13/h3-6,9-10,16-17H,7-8H2,(H,14,15). The molecule has 7 heteroatoms. The van der Waals surface area contributed by atoms with Crippen LogP contribution < -0.4 is 4.72 Å². The summed E-state index contributed by atoms with van der Waals surface area (Å²) in [6.45, 7) is -0.00648. The van der Waals surface area contributed by atoms with E-state index in [0.29, 0.717) is 0 Å². The molecule has 1 aromatic carbocycles. The molecule has 0 saturated heterocycles. The highest BCUT2D eigenvalue weighted by molar-refractivity contribution is 7.89. The molecule has 1 aromatic heterocycles. The third kappa shape index (κ3) is 3.68. The zero-order valence-electron chi connectivity index (χ0n) is 10.5. The van der Waals surface area contributed by atoms with Crippen LogP contribution in [0.2, 0.25) is 0 Å². The fourth-order valence-corrected chi connectivity index (χ4v) is 2.42. The summed E-state index contributed by atoms with van der Waals surface area (Å²) < 4.78 is 26.2. The average Bonchev–Trinajstić information content (AvgIpc) is 2.99. The summed E-state index contributed by atoms with van der Waals surface area (Å²) in [5, 5.41) is 14.6. The van der Waals surface area contributed by atoms with Crippen LogP contribution in [0.1, 0.15) is 11.1 Å². The predicted octanol–water partition coefficient (Wildman–Crippen LogP) is 0.232. The lowest BCUT2D eigenvalue weighted by Crippen LogP contribution is -2.22. The number of aliphatic hydroxyl groups excluding tert-OH is 1. The fraction of sp³-hybridized carbons (Fsp3) is 0.154. The lowest BCUT2D eigenvalue weighted by Gasteiger charge is -2.04. The third-order valence-electron chi connectivity index (χ3n) is 2.52. The summed E-state index contributed by atoms with van der Waals surface area (Å²) in [6.07, 6.45) is 2.56. The Morgan fingerprint density at radius 3 is 2.65 bits per heavy atom. The molecule has 20 heavy (non-hydrogen) atoms. The summed E-state index contributed by atoms with van der Waals surface area (Å²) >= 11 is 0. The van der Waals surface area contributed by atoms with E-state index in [1.54, 1.807) is 24.3 Å². The van der Waals surface area contributed by atoms with Crippen molar-refractivity contribution in [2.24, 2.45) is 0 Å². The molecule has 0 fully saturated rings. The number of aliphatic hydroxyl groups is 1. The molecule has 6 nitrogen and oxygen atoms in total. The number of sulfonamides is 1. The second kappa shape index (κ2) is 6.34. The van der Waals surface area contributed by atoms with Crippen LogP contribution in [0.5, 0.6) is 0 Å². The number of nitrogens with zero attached hydrogens (tertiary/aromatic N) is 1. The average molecular weight is 291 g/mol. The van der Waals surface area contributed by atoms with Gasteiger partial charge < -0.3 is 5.11 Å². The molecule has 1 heterocycles. The lowest BCUT2D eigenvalue weighted by atomic mass is 10.1. The Labute approximate surface area is 116 Å². The van der Waals surface area contributed by atoms with Gasteiger partial charge in [0.1, 0.15) is 11.5 Å². The molecule has 0 saturated carbocycles. The Morgan fingerprint density at radius 1 is 1.30 bits per heavy atom. The summed E-state index contributed by atoms with van der Waals surface area (Å²) in [4.78, 5) is 0.0999. The first-order valence-corrected chi connectivity index (χ1v) is 7.27. The Balaban J connectivity index is 2.01. The molecule has 0 radical (unpaired) electrons. The van der Waals surface area contributed by atoms with E-state index in [9.17, 15) is 8.42 Å². The van der Waals surface area contributed by atoms with Gasteiger partial charge in [-0.25, -0.2) is 13.1 Å². The molecule has 2 rings (SSSR count). The number of nitrogens with one attached hydrogen (secondary N) is 2. The number of benzene rings is 1. The third-order valence-corrected chi connectivity index (χ3v) is 3.88. The van der Waals surface area contributed by atoms with Gasteiger partial charge in [0.2, 0.25) is 10.0 Å². The van der Waals surface area contributed by atoms with Crippen molar-refractivity contribution in [2.45, 2.75) is 11.4 Å². The van der Waals surface area contributed by atoms with Gasteiger partial charge in [0.05, 0.1) is 6.20 Å². The SMILES string of the molecule is O=S(=O)(NCc1ccc(C#CCO)cc1)c1cn[nH]c1. The van der Waals surface area contributed by atoms with Crippen molar-refractivity contribution in [3.63, 3.8) is 0 Å². The number of hydrogen-bond acceptors (Lipinski definition) is 4. The van der Waals surface area contributed by atoms with Crippen LogP contribution in [0.3, 0.4) is 0 Å². The molecule has 0 amide bonds. The Bertz CT molecular complexity index is 710. The van der Waals surface area contributed by atoms with Crippen LogP contribution in [-0.4, -0.2) is 30.3 Å². The summed E-state index contributed by atoms with van der Waals surface area (Å²) in [7, 11) is -3.54. The van der Waals surface area contributed by atoms with E-state index in [2.05, 4.69) is 26.8 Å². The van der Waals surface area contributed by atoms with Crippen LogP contribution in [0.15, 0.2) is 41.6 Å². The minimum absolute atomic E-state index is 0.0999. The first kappa shape index (κ1) is 14.3. The van der Waals surface area contributed by atoms with E-state index >= 15 is 0 Å². The van der Waals surface area contributed by atoms with Crippen molar-refractivity contribution < 1.29 is 13.5 Å². The summed E-state index contributed by atoms with van der Waals surface area (Å²) in [5.74, 6) is 5.31. The Morgan fingerprint density at radius 2 is 2.05 bits per heavy atom. The molecule has 0 aliphatic carbocycles. The van der Waals surface area contributed by atoms with Gasteiger partial charge in [-0.2, -0.15) is 5.10 Å². The zero-order chi connectivity index (χ0) is 14.4. The van der Waals surface area contributed by atoms with Crippen molar-refractivity contribution >= 4 is 10.0 Å². The molecule has 0 aliphatic rings. The molecule has 3 N–H and O–H groups in total. The van der Waals surface area contributed by atoms with E-state index in [4.69, 9.17) is 5.11 Å². The Kier molecular flexibility index (Phi) is 4.53. The van der Waals surface area contributed by atoms with Gasteiger partial charge in [-0.3, -0.25) is 5.10 Å². The van der Waals surface area contributed by atoms with Crippen molar-refractivity contribution in [3.05, 3.63) is 47.8 Å². The minimum atomic E-state index is -3.54. The van der Waals surface area contributed by atoms with Crippen LogP contribution in [0.4, 0.5) is 0 Å². The van der Waals surface area contributed by atoms with Crippen LogP contribution in [0, 0.1) is 11.8 Å². The van der Waals surface area contributed by atoms with E-state index in [1.165, 1.54) is 12.4 Å². The molecular weight excluding hydrogens is 278 g/mol. The molecular formula is C13H13N3O3S. The molecule has 0 bridgehead atoms. The van der Waals surface area contributed by atoms with Crippen molar-refractivity contribution in [1.29, 1.82) is 0 Å². The summed E-state index contributed by atoms with van der Waals surface area (Å²) in [6, 6.07) is 7.09. The van der Waals surface area contributed by atoms with Gasteiger partial charge in [0.25, 0.3) is 0 Å². The summed E-state index contributed by atoms with van der Waals surface area (Å²) in [5.41, 5.74) is 1.58. The largest absolute Gasteiger partial charge is 0.384 e. The number of rotatable bonds is 4. The van der Waals surface area contributed by atoms with Crippen molar-refractivity contribution in [2.75, 3.05) is 6.61 Å². The van der Waals surface area contributed by atoms with Gasteiger partial charge in [-0.15, -0.1) is 0 Å². The maximum Gasteiger partial charge on any atom is 0.243 e. The van der Waals surface area contributed by atoms with E-state index in [-0.39, 0.29) is 18.0 Å². The van der Waals surface area contributed by atoms with Gasteiger partial charge in [-0.05, 0) is 17.7 Å². The highest BCUT2D eigenvalue weighted by atomic mass is 32.2. The zero-order valence-corrected chi connectivity index (χ0v) is 11.3. The number of H-pyrrole nitrogens is 1. The number of aromatic nitrogens is 2. The quantitative estimate of drug-likeness (QED) is 0.703. The first-order chi connectivity index (χ1) is 9.62. The monoisotopic (exact) mass is 291 g/mol. The molecule has 0 aliphatic heterocycles. The smallest absolute Gasteiger partial charge is 0.243 e. The molecule has 104 valence electrons. The molecule has 0 atom stereocenters. The second-order valence-corrected chi connectivity index (χ2v) is 5.68. The highest BCUT2D eigenvalue weighted by Gasteiger charge is 2.14. The topological polar surface area (TPSA) is 95.1 Å². The van der Waals surface area contributed by atoms with Gasteiger partial charge in [-0.1, -0.05) is 24.0 Å². The number of hydrogen-bond donors (Lipinski definition) is 3. The van der Waals surface area contributed by atoms with Crippen LogP contribution in [-0.2, 0) is 16.6 Å². The number of aromatic amines is 1. The lowest BCUT2D eigenvalue weighted by molar-refractivity contribution is 0.350. The van der Waals surface area contributed by atoms with Crippen LogP contribution in [0.25, 0.3) is 0 Å². The van der Waals surface area contributed by atoms with E-state index < -0.39 is 10.0 Å². The van der Waals surface area contributed by atoms with Gasteiger partial charge >= 0.3 is 0 Å².